The summed E-state index contributed by atoms with van der Waals surface area (Å²) >= 11 is 0. The van der Waals surface area contributed by atoms with Crippen molar-refractivity contribution in [2.24, 2.45) is 0 Å². The highest BCUT2D eigenvalue weighted by atomic mass is 16.5. The number of carbonyl (C=O) groups is 2. The molecule has 4 heteroatoms. The molecule has 0 atom stereocenters. The molecule has 0 aliphatic rings. The predicted molar refractivity (Wildman–Crippen MR) is 106 cm³/mol. The van der Waals surface area contributed by atoms with Gasteiger partial charge in [0.25, 0.3) is 0 Å². The van der Waals surface area contributed by atoms with E-state index in [2.05, 4.69) is 6.92 Å². The zero-order valence-corrected chi connectivity index (χ0v) is 15.7. The van der Waals surface area contributed by atoms with E-state index < -0.39 is 11.9 Å². The number of benzene rings is 2. The molecule has 2 aromatic rings. The normalized spacial score (nSPS) is 10.7. The second-order valence-electron chi connectivity index (χ2n) is 6.23. The fourth-order valence-electron chi connectivity index (χ4n) is 2.56. The second kappa shape index (κ2) is 11.7. The summed E-state index contributed by atoms with van der Waals surface area (Å²) in [5.74, 6) is -0.710. The number of rotatable bonds is 10. The average molecular weight is 366 g/mol. The number of carbonyl (C=O) groups excluding carboxylic acids is 2. The molecule has 4 nitrogen and oxygen atoms in total. The van der Waals surface area contributed by atoms with Crippen molar-refractivity contribution in [3.8, 4) is 16.9 Å². The largest absolute Gasteiger partial charge is 0.463 e. The van der Waals surface area contributed by atoms with Crippen LogP contribution in [0.5, 0.6) is 5.75 Å². The summed E-state index contributed by atoms with van der Waals surface area (Å²) in [6.07, 6.45) is 7.62. The molecule has 0 saturated carbocycles. The quantitative estimate of drug-likeness (QED) is 0.247. The maximum Gasteiger partial charge on any atom is 0.336 e. The third-order valence-corrected chi connectivity index (χ3v) is 4.03. The van der Waals surface area contributed by atoms with Crippen LogP contribution in [-0.2, 0) is 14.3 Å². The van der Waals surface area contributed by atoms with Crippen LogP contribution in [-0.4, -0.2) is 18.5 Å². The van der Waals surface area contributed by atoms with Gasteiger partial charge in [0.2, 0.25) is 0 Å². The van der Waals surface area contributed by atoms with Crippen molar-refractivity contribution in [1.29, 1.82) is 0 Å². The lowest BCUT2D eigenvalue weighted by molar-refractivity contribution is -0.138. The first-order valence-electron chi connectivity index (χ1n) is 9.41. The predicted octanol–water partition coefficient (Wildman–Crippen LogP) is 5.33. The molecule has 0 amide bonds. The van der Waals surface area contributed by atoms with Crippen LogP contribution in [0.25, 0.3) is 11.1 Å². The van der Waals surface area contributed by atoms with Crippen LogP contribution in [0.4, 0.5) is 0 Å². The molecular weight excluding hydrogens is 340 g/mol. The first-order chi connectivity index (χ1) is 13.2. The lowest BCUT2D eigenvalue weighted by atomic mass is 10.1. The molecule has 27 heavy (non-hydrogen) atoms. The molecule has 0 aliphatic heterocycles. The Balaban J connectivity index is 1.73. The molecule has 0 unspecified atom stereocenters. The van der Waals surface area contributed by atoms with Crippen LogP contribution >= 0.6 is 0 Å². The molecule has 0 radical (unpaired) electrons. The van der Waals surface area contributed by atoms with Crippen molar-refractivity contribution < 1.29 is 19.1 Å². The number of hydrogen-bond donors (Lipinski definition) is 0. The van der Waals surface area contributed by atoms with Gasteiger partial charge in [-0.3, -0.25) is 0 Å². The van der Waals surface area contributed by atoms with E-state index in [4.69, 9.17) is 9.47 Å². The molecule has 0 heterocycles. The van der Waals surface area contributed by atoms with Crippen LogP contribution < -0.4 is 4.74 Å². The monoisotopic (exact) mass is 366 g/mol. The van der Waals surface area contributed by atoms with Crippen LogP contribution in [0.2, 0.25) is 0 Å². The Bertz CT molecular complexity index is 733. The van der Waals surface area contributed by atoms with Gasteiger partial charge >= 0.3 is 11.9 Å². The summed E-state index contributed by atoms with van der Waals surface area (Å²) in [7, 11) is 0. The molecule has 2 rings (SSSR count). The van der Waals surface area contributed by atoms with Crippen molar-refractivity contribution >= 4 is 11.9 Å². The topological polar surface area (TPSA) is 52.6 Å². The van der Waals surface area contributed by atoms with E-state index in [-0.39, 0.29) is 0 Å². The van der Waals surface area contributed by atoms with Gasteiger partial charge in [-0.2, -0.15) is 0 Å². The maximum absolute atomic E-state index is 11.8. The molecular formula is C23H26O4. The van der Waals surface area contributed by atoms with Crippen molar-refractivity contribution in [1.82, 2.24) is 0 Å². The molecule has 0 fully saturated rings. The fourth-order valence-corrected chi connectivity index (χ4v) is 2.56. The molecule has 0 spiro atoms. The van der Waals surface area contributed by atoms with Crippen molar-refractivity contribution in [3.05, 3.63) is 66.7 Å². The Morgan fingerprint density at radius 1 is 0.778 bits per heavy atom. The van der Waals surface area contributed by atoms with Crippen LogP contribution in [0, 0.1) is 0 Å². The van der Waals surface area contributed by atoms with E-state index in [0.29, 0.717) is 12.4 Å². The second-order valence-corrected chi connectivity index (χ2v) is 6.23. The number of esters is 2. The molecule has 0 saturated heterocycles. The average Bonchev–Trinajstić information content (AvgIpc) is 2.70. The van der Waals surface area contributed by atoms with E-state index in [1.54, 1.807) is 12.1 Å². The van der Waals surface area contributed by atoms with E-state index in [1.165, 1.54) is 12.8 Å². The van der Waals surface area contributed by atoms with E-state index in [0.717, 1.165) is 42.5 Å². The van der Waals surface area contributed by atoms with Gasteiger partial charge in [-0.1, -0.05) is 75.1 Å². The zero-order valence-electron chi connectivity index (χ0n) is 15.7. The SMILES string of the molecule is CCCCCCCOC(=O)/C=C/C(=O)Oc1ccc(-c2ccccc2)cc1. The van der Waals surface area contributed by atoms with Crippen LogP contribution in [0.3, 0.4) is 0 Å². The summed E-state index contributed by atoms with van der Waals surface area (Å²) in [5.41, 5.74) is 2.13. The van der Waals surface area contributed by atoms with Gasteiger partial charge in [-0.15, -0.1) is 0 Å². The smallest absolute Gasteiger partial charge is 0.336 e. The Morgan fingerprint density at radius 3 is 2.11 bits per heavy atom. The van der Waals surface area contributed by atoms with E-state index in [9.17, 15) is 9.59 Å². The fraction of sp³-hybridized carbons (Fsp3) is 0.304. The van der Waals surface area contributed by atoms with Crippen LogP contribution in [0.15, 0.2) is 66.7 Å². The molecule has 0 bridgehead atoms. The molecule has 0 N–H and O–H groups in total. The lowest BCUT2D eigenvalue weighted by Gasteiger charge is -2.04. The highest BCUT2D eigenvalue weighted by molar-refractivity contribution is 5.92. The number of hydrogen-bond acceptors (Lipinski definition) is 4. The highest BCUT2D eigenvalue weighted by Crippen LogP contribution is 2.22. The van der Waals surface area contributed by atoms with Gasteiger partial charge in [-0.25, -0.2) is 9.59 Å². The van der Waals surface area contributed by atoms with Crippen molar-refractivity contribution in [2.75, 3.05) is 6.61 Å². The molecule has 2 aromatic carbocycles. The van der Waals surface area contributed by atoms with Crippen molar-refractivity contribution in [2.45, 2.75) is 39.0 Å². The summed E-state index contributed by atoms with van der Waals surface area (Å²) in [4.78, 5) is 23.4. The van der Waals surface area contributed by atoms with Gasteiger partial charge in [-0.05, 0) is 29.7 Å². The Hall–Kier alpha value is -2.88. The van der Waals surface area contributed by atoms with Crippen LogP contribution in [0.1, 0.15) is 39.0 Å². The van der Waals surface area contributed by atoms with E-state index >= 15 is 0 Å². The summed E-state index contributed by atoms with van der Waals surface area (Å²) in [5, 5.41) is 0. The Morgan fingerprint density at radius 2 is 1.41 bits per heavy atom. The van der Waals surface area contributed by atoms with Crippen molar-refractivity contribution in [3.63, 3.8) is 0 Å². The van der Waals surface area contributed by atoms with Gasteiger partial charge in [0.1, 0.15) is 5.75 Å². The summed E-state index contributed by atoms with van der Waals surface area (Å²) < 4.78 is 10.2. The third-order valence-electron chi connectivity index (χ3n) is 4.03. The first-order valence-corrected chi connectivity index (χ1v) is 9.41. The Labute approximate surface area is 160 Å². The molecule has 0 aromatic heterocycles. The zero-order chi connectivity index (χ0) is 19.3. The lowest BCUT2D eigenvalue weighted by Crippen LogP contribution is -2.07. The molecule has 142 valence electrons. The standard InChI is InChI=1S/C23H26O4/c1-2-3-4-5-9-18-26-22(24)16-17-23(25)27-21-14-12-20(13-15-21)19-10-7-6-8-11-19/h6-8,10-17H,2-5,9,18H2,1H3/b17-16+. The third kappa shape index (κ3) is 7.90. The van der Waals surface area contributed by atoms with Gasteiger partial charge < -0.3 is 9.47 Å². The number of ether oxygens (including phenoxy) is 2. The minimum atomic E-state index is -0.609. The van der Waals surface area contributed by atoms with Gasteiger partial charge in [0.05, 0.1) is 6.61 Å². The first kappa shape index (κ1) is 20.4. The van der Waals surface area contributed by atoms with Gasteiger partial charge in [0.15, 0.2) is 0 Å². The molecule has 0 aliphatic carbocycles. The Kier molecular flexibility index (Phi) is 8.84. The minimum absolute atomic E-state index is 0.378. The highest BCUT2D eigenvalue weighted by Gasteiger charge is 2.04. The minimum Gasteiger partial charge on any atom is -0.463 e. The van der Waals surface area contributed by atoms with E-state index in [1.807, 2.05) is 42.5 Å². The van der Waals surface area contributed by atoms with Gasteiger partial charge in [0, 0.05) is 12.2 Å². The number of unbranched alkanes of at least 4 members (excludes halogenated alkanes) is 4. The summed E-state index contributed by atoms with van der Waals surface area (Å²) in [6, 6.07) is 17.1. The maximum atomic E-state index is 11.8. The summed E-state index contributed by atoms with van der Waals surface area (Å²) in [6.45, 7) is 2.53.